The standard InChI is InChI=1S/C12H24N2O/c1-4-14(8-10(2)3)11(15)12(9-13)6-5-7-12/h10H,4-9,13H2,1-3H3. The van der Waals surface area contributed by atoms with E-state index in [1.165, 1.54) is 0 Å². The highest BCUT2D eigenvalue weighted by atomic mass is 16.2. The summed E-state index contributed by atoms with van der Waals surface area (Å²) in [5.74, 6) is 0.816. The largest absolute Gasteiger partial charge is 0.342 e. The van der Waals surface area contributed by atoms with Gasteiger partial charge in [-0.2, -0.15) is 0 Å². The van der Waals surface area contributed by atoms with Gasteiger partial charge in [-0.3, -0.25) is 4.79 Å². The highest BCUT2D eigenvalue weighted by Crippen LogP contribution is 2.41. The number of carbonyl (C=O) groups is 1. The molecule has 0 aliphatic heterocycles. The van der Waals surface area contributed by atoms with Crippen molar-refractivity contribution >= 4 is 5.91 Å². The molecule has 0 aromatic heterocycles. The number of nitrogens with zero attached hydrogens (tertiary/aromatic N) is 1. The number of hydrogen-bond acceptors (Lipinski definition) is 2. The monoisotopic (exact) mass is 212 g/mol. The second kappa shape index (κ2) is 4.97. The van der Waals surface area contributed by atoms with Gasteiger partial charge in [0, 0.05) is 19.6 Å². The Bertz CT molecular complexity index is 216. The Morgan fingerprint density at radius 3 is 2.33 bits per heavy atom. The highest BCUT2D eigenvalue weighted by molar-refractivity contribution is 5.83. The Balaban J connectivity index is 2.63. The molecule has 0 unspecified atom stereocenters. The molecule has 0 aromatic carbocycles. The summed E-state index contributed by atoms with van der Waals surface area (Å²) in [6.07, 6.45) is 3.12. The molecule has 0 radical (unpaired) electrons. The van der Waals surface area contributed by atoms with Crippen LogP contribution in [0.1, 0.15) is 40.0 Å². The molecule has 3 heteroatoms. The van der Waals surface area contributed by atoms with Crippen LogP contribution < -0.4 is 5.73 Å². The molecule has 3 nitrogen and oxygen atoms in total. The van der Waals surface area contributed by atoms with Crippen molar-refractivity contribution in [2.24, 2.45) is 17.1 Å². The highest BCUT2D eigenvalue weighted by Gasteiger charge is 2.44. The maximum atomic E-state index is 12.3. The van der Waals surface area contributed by atoms with Gasteiger partial charge in [0.1, 0.15) is 0 Å². The molecular formula is C12H24N2O. The van der Waals surface area contributed by atoms with Crippen LogP contribution in [0.25, 0.3) is 0 Å². The van der Waals surface area contributed by atoms with E-state index in [0.29, 0.717) is 12.5 Å². The van der Waals surface area contributed by atoms with E-state index in [1.54, 1.807) is 0 Å². The Labute approximate surface area is 93.0 Å². The number of nitrogens with two attached hydrogens (primary N) is 1. The van der Waals surface area contributed by atoms with Crippen LogP contribution in [0.4, 0.5) is 0 Å². The van der Waals surface area contributed by atoms with Crippen molar-refractivity contribution in [2.75, 3.05) is 19.6 Å². The van der Waals surface area contributed by atoms with E-state index < -0.39 is 0 Å². The third-order valence-electron chi connectivity index (χ3n) is 3.41. The molecule has 2 N–H and O–H groups in total. The topological polar surface area (TPSA) is 46.3 Å². The summed E-state index contributed by atoms with van der Waals surface area (Å²) in [5, 5.41) is 0. The molecule has 1 rings (SSSR count). The van der Waals surface area contributed by atoms with Crippen molar-refractivity contribution < 1.29 is 4.79 Å². The second-order valence-corrected chi connectivity index (χ2v) is 5.08. The van der Waals surface area contributed by atoms with Crippen LogP contribution in [0.3, 0.4) is 0 Å². The molecule has 1 aliphatic rings. The van der Waals surface area contributed by atoms with E-state index in [9.17, 15) is 4.79 Å². The van der Waals surface area contributed by atoms with Crippen LogP contribution in [0, 0.1) is 11.3 Å². The van der Waals surface area contributed by atoms with E-state index in [4.69, 9.17) is 5.73 Å². The first-order valence-corrected chi connectivity index (χ1v) is 6.05. The molecule has 1 saturated carbocycles. The third-order valence-corrected chi connectivity index (χ3v) is 3.41. The maximum Gasteiger partial charge on any atom is 0.230 e. The molecule has 0 saturated heterocycles. The molecular weight excluding hydrogens is 188 g/mol. The van der Waals surface area contributed by atoms with Crippen molar-refractivity contribution in [1.29, 1.82) is 0 Å². The van der Waals surface area contributed by atoms with E-state index in [2.05, 4.69) is 13.8 Å². The fraction of sp³-hybridized carbons (Fsp3) is 0.917. The first-order chi connectivity index (χ1) is 7.05. The lowest BCUT2D eigenvalue weighted by Gasteiger charge is -2.43. The van der Waals surface area contributed by atoms with E-state index in [0.717, 1.165) is 32.4 Å². The Kier molecular flexibility index (Phi) is 4.14. The number of rotatable bonds is 5. The summed E-state index contributed by atoms with van der Waals surface area (Å²) in [4.78, 5) is 14.3. The van der Waals surface area contributed by atoms with Crippen LogP contribution in [0.2, 0.25) is 0 Å². The summed E-state index contributed by atoms with van der Waals surface area (Å²) < 4.78 is 0. The van der Waals surface area contributed by atoms with E-state index >= 15 is 0 Å². The Morgan fingerprint density at radius 2 is 2.07 bits per heavy atom. The zero-order chi connectivity index (χ0) is 11.5. The Hall–Kier alpha value is -0.570. The van der Waals surface area contributed by atoms with Gasteiger partial charge in [-0.15, -0.1) is 0 Å². The molecule has 1 aliphatic carbocycles. The minimum atomic E-state index is -0.203. The summed E-state index contributed by atoms with van der Waals surface area (Å²) in [5.41, 5.74) is 5.54. The lowest BCUT2D eigenvalue weighted by molar-refractivity contribution is -0.147. The second-order valence-electron chi connectivity index (χ2n) is 5.08. The van der Waals surface area contributed by atoms with Gasteiger partial charge in [0.05, 0.1) is 5.41 Å². The fourth-order valence-corrected chi connectivity index (χ4v) is 2.24. The van der Waals surface area contributed by atoms with Crippen molar-refractivity contribution in [3.63, 3.8) is 0 Å². The molecule has 0 spiro atoms. The van der Waals surface area contributed by atoms with Crippen molar-refractivity contribution in [2.45, 2.75) is 40.0 Å². The van der Waals surface area contributed by atoms with E-state index in [1.807, 2.05) is 11.8 Å². The molecule has 0 bridgehead atoms. The lowest BCUT2D eigenvalue weighted by Crippen LogP contribution is -2.52. The molecule has 15 heavy (non-hydrogen) atoms. The van der Waals surface area contributed by atoms with Crippen molar-refractivity contribution in [3.8, 4) is 0 Å². The molecule has 0 aromatic rings. The van der Waals surface area contributed by atoms with Crippen molar-refractivity contribution in [1.82, 2.24) is 4.90 Å². The Morgan fingerprint density at radius 1 is 1.47 bits per heavy atom. The maximum absolute atomic E-state index is 12.3. The van der Waals surface area contributed by atoms with Gasteiger partial charge in [-0.1, -0.05) is 20.3 Å². The predicted octanol–water partition coefficient (Wildman–Crippen LogP) is 1.62. The summed E-state index contributed by atoms with van der Waals surface area (Å²) in [6, 6.07) is 0. The van der Waals surface area contributed by atoms with Gasteiger partial charge in [0.25, 0.3) is 0 Å². The summed E-state index contributed by atoms with van der Waals surface area (Å²) >= 11 is 0. The SMILES string of the molecule is CCN(CC(C)C)C(=O)C1(CN)CCC1. The predicted molar refractivity (Wildman–Crippen MR) is 62.4 cm³/mol. The number of carbonyl (C=O) groups excluding carboxylic acids is 1. The molecule has 88 valence electrons. The fourth-order valence-electron chi connectivity index (χ4n) is 2.24. The molecule has 1 amide bonds. The lowest BCUT2D eigenvalue weighted by atomic mass is 9.67. The quantitative estimate of drug-likeness (QED) is 0.752. The summed E-state index contributed by atoms with van der Waals surface area (Å²) in [6.45, 7) is 8.51. The van der Waals surface area contributed by atoms with Crippen LogP contribution in [0.15, 0.2) is 0 Å². The first-order valence-electron chi connectivity index (χ1n) is 6.05. The van der Waals surface area contributed by atoms with Crippen LogP contribution in [-0.4, -0.2) is 30.4 Å². The molecule has 0 atom stereocenters. The van der Waals surface area contributed by atoms with Gasteiger partial charge in [-0.25, -0.2) is 0 Å². The van der Waals surface area contributed by atoms with Crippen LogP contribution >= 0.6 is 0 Å². The molecule has 0 heterocycles. The third kappa shape index (κ3) is 2.51. The average Bonchev–Trinajstić information content (AvgIpc) is 2.12. The first kappa shape index (κ1) is 12.5. The van der Waals surface area contributed by atoms with Crippen molar-refractivity contribution in [3.05, 3.63) is 0 Å². The van der Waals surface area contributed by atoms with E-state index in [-0.39, 0.29) is 11.3 Å². The van der Waals surface area contributed by atoms with Gasteiger partial charge >= 0.3 is 0 Å². The summed E-state index contributed by atoms with van der Waals surface area (Å²) in [7, 11) is 0. The van der Waals surface area contributed by atoms with Crippen LogP contribution in [0.5, 0.6) is 0 Å². The van der Waals surface area contributed by atoms with Crippen LogP contribution in [-0.2, 0) is 4.79 Å². The van der Waals surface area contributed by atoms with Gasteiger partial charge in [-0.05, 0) is 25.7 Å². The molecule has 1 fully saturated rings. The zero-order valence-corrected chi connectivity index (χ0v) is 10.3. The number of amides is 1. The minimum absolute atomic E-state index is 0.203. The van der Waals surface area contributed by atoms with Gasteiger partial charge < -0.3 is 10.6 Å². The van der Waals surface area contributed by atoms with Gasteiger partial charge in [0.2, 0.25) is 5.91 Å². The number of hydrogen-bond donors (Lipinski definition) is 1. The zero-order valence-electron chi connectivity index (χ0n) is 10.3. The smallest absolute Gasteiger partial charge is 0.230 e. The normalized spacial score (nSPS) is 18.7. The van der Waals surface area contributed by atoms with Gasteiger partial charge in [0.15, 0.2) is 0 Å². The minimum Gasteiger partial charge on any atom is -0.342 e. The average molecular weight is 212 g/mol.